The van der Waals surface area contributed by atoms with Crippen molar-refractivity contribution in [1.82, 2.24) is 4.90 Å². The van der Waals surface area contributed by atoms with Crippen molar-refractivity contribution in [3.8, 4) is 5.75 Å². The fraction of sp³-hybridized carbons (Fsp3) is 0.667. The Morgan fingerprint density at radius 1 is 1.10 bits per heavy atom. The van der Waals surface area contributed by atoms with Crippen LogP contribution >= 0.6 is 15.9 Å². The van der Waals surface area contributed by atoms with Crippen LogP contribution in [0.4, 0.5) is 0 Å². The summed E-state index contributed by atoms with van der Waals surface area (Å²) in [6, 6.07) is 4.04. The molecule has 1 saturated heterocycles. The number of aromatic hydroxyl groups is 1. The summed E-state index contributed by atoms with van der Waals surface area (Å²) in [4.78, 5) is 2.51. The second kappa shape index (κ2) is 6.29. The number of likely N-dealkylation sites (tertiary alicyclic amines) is 1. The van der Waals surface area contributed by atoms with Crippen LogP contribution in [0.1, 0.15) is 56.1 Å². The Bertz CT molecular complexity index is 498. The Kier molecular flexibility index (Phi) is 4.60. The first-order valence-electron chi connectivity index (χ1n) is 8.28. The summed E-state index contributed by atoms with van der Waals surface area (Å²) in [6.45, 7) is 5.22. The molecule has 3 heteroatoms. The molecule has 0 radical (unpaired) electrons. The van der Waals surface area contributed by atoms with Crippen LogP contribution in [-0.4, -0.2) is 23.1 Å². The molecule has 1 aromatic rings. The van der Waals surface area contributed by atoms with Crippen LogP contribution in [-0.2, 0) is 6.54 Å². The predicted molar refractivity (Wildman–Crippen MR) is 90.6 cm³/mol. The van der Waals surface area contributed by atoms with Crippen molar-refractivity contribution in [2.45, 2.75) is 58.4 Å². The molecule has 0 amide bonds. The molecule has 1 N–H and O–H groups in total. The number of benzene rings is 1. The quantitative estimate of drug-likeness (QED) is 0.809. The zero-order valence-corrected chi connectivity index (χ0v) is 14.6. The SMILES string of the molecule is Cc1cc(Br)cc(CN2CCC3(CCCCC3)CC2)c1O. The van der Waals surface area contributed by atoms with E-state index in [4.69, 9.17) is 0 Å². The fourth-order valence-corrected chi connectivity index (χ4v) is 4.77. The molecule has 2 aliphatic rings. The molecule has 2 nitrogen and oxygen atoms in total. The molecule has 1 aliphatic carbocycles. The third kappa shape index (κ3) is 3.45. The Hall–Kier alpha value is -0.540. The number of hydrogen-bond donors (Lipinski definition) is 1. The first-order chi connectivity index (χ1) is 10.1. The first kappa shape index (κ1) is 15.4. The van der Waals surface area contributed by atoms with Gasteiger partial charge in [0, 0.05) is 16.6 Å². The number of aryl methyl sites for hydroxylation is 1. The average molecular weight is 352 g/mol. The molecule has 2 fully saturated rings. The highest BCUT2D eigenvalue weighted by Crippen LogP contribution is 2.44. The molecule has 1 saturated carbocycles. The third-order valence-corrected chi connectivity index (χ3v) is 6.03. The lowest BCUT2D eigenvalue weighted by atomic mass is 9.68. The Morgan fingerprint density at radius 3 is 2.43 bits per heavy atom. The summed E-state index contributed by atoms with van der Waals surface area (Å²) in [7, 11) is 0. The van der Waals surface area contributed by atoms with E-state index >= 15 is 0 Å². The van der Waals surface area contributed by atoms with Crippen LogP contribution in [0.5, 0.6) is 5.75 Å². The van der Waals surface area contributed by atoms with Crippen LogP contribution in [0.2, 0.25) is 0 Å². The summed E-state index contributed by atoms with van der Waals surface area (Å²) in [5.41, 5.74) is 2.67. The zero-order valence-electron chi connectivity index (χ0n) is 13.0. The largest absolute Gasteiger partial charge is 0.507 e. The highest BCUT2D eigenvalue weighted by molar-refractivity contribution is 9.10. The maximum atomic E-state index is 10.2. The third-order valence-electron chi connectivity index (χ3n) is 5.57. The molecule has 1 aromatic carbocycles. The van der Waals surface area contributed by atoms with E-state index in [1.807, 2.05) is 13.0 Å². The predicted octanol–water partition coefficient (Wildman–Crippen LogP) is 5.01. The van der Waals surface area contributed by atoms with Gasteiger partial charge < -0.3 is 5.11 Å². The highest BCUT2D eigenvalue weighted by Gasteiger charge is 2.35. The minimum atomic E-state index is 0.469. The monoisotopic (exact) mass is 351 g/mol. The van der Waals surface area contributed by atoms with Gasteiger partial charge in [-0.1, -0.05) is 35.2 Å². The molecule has 1 spiro atoms. The van der Waals surface area contributed by atoms with Crippen molar-refractivity contribution in [3.63, 3.8) is 0 Å². The van der Waals surface area contributed by atoms with E-state index in [-0.39, 0.29) is 0 Å². The van der Waals surface area contributed by atoms with Gasteiger partial charge in [-0.15, -0.1) is 0 Å². The minimum Gasteiger partial charge on any atom is -0.507 e. The molecule has 21 heavy (non-hydrogen) atoms. The Morgan fingerprint density at radius 2 is 1.76 bits per heavy atom. The van der Waals surface area contributed by atoms with Gasteiger partial charge in [-0.3, -0.25) is 4.90 Å². The van der Waals surface area contributed by atoms with E-state index in [9.17, 15) is 5.11 Å². The molecule has 0 atom stereocenters. The summed E-state index contributed by atoms with van der Waals surface area (Å²) < 4.78 is 1.06. The van der Waals surface area contributed by atoms with Crippen molar-refractivity contribution in [2.24, 2.45) is 5.41 Å². The maximum absolute atomic E-state index is 10.2. The van der Waals surface area contributed by atoms with Crippen LogP contribution in [0.3, 0.4) is 0 Å². The van der Waals surface area contributed by atoms with Crippen LogP contribution in [0.25, 0.3) is 0 Å². The van der Waals surface area contributed by atoms with E-state index in [0.29, 0.717) is 11.2 Å². The van der Waals surface area contributed by atoms with Crippen molar-refractivity contribution in [3.05, 3.63) is 27.7 Å². The van der Waals surface area contributed by atoms with Gasteiger partial charge >= 0.3 is 0 Å². The molecular formula is C18H26BrNO. The first-order valence-corrected chi connectivity index (χ1v) is 9.08. The molecule has 0 unspecified atom stereocenters. The molecule has 3 rings (SSSR count). The summed E-state index contributed by atoms with van der Waals surface area (Å²) in [6.07, 6.45) is 9.90. The van der Waals surface area contributed by atoms with E-state index in [1.165, 1.54) is 58.0 Å². The number of hydrogen-bond acceptors (Lipinski definition) is 2. The van der Waals surface area contributed by atoms with Gasteiger partial charge in [0.1, 0.15) is 5.75 Å². The fourth-order valence-electron chi connectivity index (χ4n) is 4.15. The number of rotatable bonds is 2. The smallest absolute Gasteiger partial charge is 0.123 e. The van der Waals surface area contributed by atoms with E-state index in [0.717, 1.165) is 22.1 Å². The topological polar surface area (TPSA) is 23.5 Å². The molecular weight excluding hydrogens is 326 g/mol. The normalized spacial score (nSPS) is 22.6. The van der Waals surface area contributed by atoms with E-state index in [2.05, 4.69) is 26.9 Å². The minimum absolute atomic E-state index is 0.469. The van der Waals surface area contributed by atoms with Crippen molar-refractivity contribution >= 4 is 15.9 Å². The molecule has 116 valence electrons. The lowest BCUT2D eigenvalue weighted by Crippen LogP contribution is -2.40. The van der Waals surface area contributed by atoms with Crippen LogP contribution < -0.4 is 0 Å². The van der Waals surface area contributed by atoms with Crippen LogP contribution in [0.15, 0.2) is 16.6 Å². The van der Waals surface area contributed by atoms with Gasteiger partial charge in [0.2, 0.25) is 0 Å². The Balaban J connectivity index is 1.63. The van der Waals surface area contributed by atoms with Gasteiger partial charge in [-0.25, -0.2) is 0 Å². The summed E-state index contributed by atoms with van der Waals surface area (Å²) in [5, 5.41) is 10.2. The van der Waals surface area contributed by atoms with E-state index in [1.54, 1.807) is 0 Å². The number of halogens is 1. The number of phenols is 1. The van der Waals surface area contributed by atoms with Gasteiger partial charge in [-0.2, -0.15) is 0 Å². The van der Waals surface area contributed by atoms with Gasteiger partial charge in [0.25, 0.3) is 0 Å². The van der Waals surface area contributed by atoms with E-state index < -0.39 is 0 Å². The summed E-state index contributed by atoms with van der Waals surface area (Å²) in [5.74, 6) is 0.469. The lowest BCUT2D eigenvalue weighted by Gasteiger charge is -2.44. The maximum Gasteiger partial charge on any atom is 0.123 e. The Labute approximate surface area is 136 Å². The molecule has 0 aromatic heterocycles. The number of phenolic OH excluding ortho intramolecular Hbond substituents is 1. The van der Waals surface area contributed by atoms with Gasteiger partial charge in [0.15, 0.2) is 0 Å². The van der Waals surface area contributed by atoms with Gasteiger partial charge in [0.05, 0.1) is 0 Å². The zero-order chi connectivity index (χ0) is 14.9. The lowest BCUT2D eigenvalue weighted by molar-refractivity contribution is 0.0638. The van der Waals surface area contributed by atoms with Crippen molar-refractivity contribution in [2.75, 3.05) is 13.1 Å². The number of nitrogens with zero attached hydrogens (tertiary/aromatic N) is 1. The average Bonchev–Trinajstić information content (AvgIpc) is 2.48. The second-order valence-corrected chi connectivity index (χ2v) is 7.98. The number of piperidine rings is 1. The van der Waals surface area contributed by atoms with Crippen LogP contribution in [0, 0.1) is 12.3 Å². The summed E-state index contributed by atoms with van der Waals surface area (Å²) >= 11 is 3.54. The second-order valence-electron chi connectivity index (χ2n) is 7.07. The van der Waals surface area contributed by atoms with Gasteiger partial charge in [-0.05, 0) is 68.8 Å². The molecule has 1 heterocycles. The molecule has 1 aliphatic heterocycles. The highest BCUT2D eigenvalue weighted by atomic mass is 79.9. The van der Waals surface area contributed by atoms with Crippen molar-refractivity contribution < 1.29 is 5.11 Å². The molecule has 0 bridgehead atoms. The standard InChI is InChI=1S/C18H26BrNO/c1-14-11-16(19)12-15(17(14)21)13-20-9-7-18(8-10-20)5-3-2-4-6-18/h11-12,21H,2-10,13H2,1H3. The van der Waals surface area contributed by atoms with Crippen molar-refractivity contribution in [1.29, 1.82) is 0 Å².